The second-order valence-corrected chi connectivity index (χ2v) is 6.49. The van der Waals surface area contributed by atoms with E-state index in [2.05, 4.69) is 10.3 Å². The maximum absolute atomic E-state index is 13.0. The Morgan fingerprint density at radius 2 is 1.96 bits per heavy atom. The predicted octanol–water partition coefficient (Wildman–Crippen LogP) is 4.81. The van der Waals surface area contributed by atoms with Crippen LogP contribution in [0.5, 0.6) is 5.75 Å². The van der Waals surface area contributed by atoms with Crippen LogP contribution in [0.1, 0.15) is 0 Å². The Morgan fingerprint density at radius 3 is 2.71 bits per heavy atom. The van der Waals surface area contributed by atoms with Gasteiger partial charge in [-0.2, -0.15) is 0 Å². The SMILES string of the molecule is O=C(COc1ccc(F)cc1Cl)Nc1ccc(-c2cn3ccccc3n2)cc1. The lowest BCUT2D eigenvalue weighted by atomic mass is 10.1. The van der Waals surface area contributed by atoms with Gasteiger partial charge in [0, 0.05) is 23.6 Å². The molecular formula is C21H15ClFN3O2. The summed E-state index contributed by atoms with van der Waals surface area (Å²) in [6.07, 6.45) is 3.89. The zero-order valence-electron chi connectivity index (χ0n) is 14.6. The molecule has 7 heteroatoms. The van der Waals surface area contributed by atoms with Crippen molar-refractivity contribution in [1.29, 1.82) is 0 Å². The summed E-state index contributed by atoms with van der Waals surface area (Å²) in [7, 11) is 0. The molecule has 4 aromatic rings. The highest BCUT2D eigenvalue weighted by atomic mass is 35.5. The topological polar surface area (TPSA) is 55.6 Å². The van der Waals surface area contributed by atoms with Crippen LogP contribution in [0.2, 0.25) is 5.02 Å². The van der Waals surface area contributed by atoms with Crippen molar-refractivity contribution < 1.29 is 13.9 Å². The zero-order chi connectivity index (χ0) is 19.5. The largest absolute Gasteiger partial charge is 0.482 e. The number of anilines is 1. The van der Waals surface area contributed by atoms with E-state index in [1.807, 2.05) is 47.1 Å². The predicted molar refractivity (Wildman–Crippen MR) is 106 cm³/mol. The van der Waals surface area contributed by atoms with E-state index in [-0.39, 0.29) is 23.3 Å². The molecule has 5 nitrogen and oxygen atoms in total. The van der Waals surface area contributed by atoms with Gasteiger partial charge in [0.05, 0.1) is 10.7 Å². The monoisotopic (exact) mass is 395 g/mol. The minimum Gasteiger partial charge on any atom is -0.482 e. The minimum absolute atomic E-state index is 0.115. The number of rotatable bonds is 5. The summed E-state index contributed by atoms with van der Waals surface area (Å²) < 4.78 is 20.3. The molecule has 0 fully saturated rings. The molecule has 1 amide bonds. The lowest BCUT2D eigenvalue weighted by Crippen LogP contribution is -2.20. The Bertz CT molecular complexity index is 1110. The highest BCUT2D eigenvalue weighted by Gasteiger charge is 2.08. The summed E-state index contributed by atoms with van der Waals surface area (Å²) in [6, 6.07) is 16.9. The molecule has 0 aliphatic rings. The number of ether oxygens (including phenoxy) is 1. The third kappa shape index (κ3) is 3.97. The van der Waals surface area contributed by atoms with Crippen LogP contribution in [0.3, 0.4) is 0 Å². The smallest absolute Gasteiger partial charge is 0.262 e. The molecule has 0 radical (unpaired) electrons. The summed E-state index contributed by atoms with van der Waals surface area (Å²) in [5.41, 5.74) is 3.28. The minimum atomic E-state index is -0.465. The zero-order valence-corrected chi connectivity index (χ0v) is 15.4. The molecule has 0 saturated carbocycles. The van der Waals surface area contributed by atoms with Crippen molar-refractivity contribution >= 4 is 28.8 Å². The normalized spacial score (nSPS) is 10.8. The molecule has 0 bridgehead atoms. The molecule has 0 aliphatic heterocycles. The molecule has 4 rings (SSSR count). The second kappa shape index (κ2) is 7.70. The molecular weight excluding hydrogens is 381 g/mol. The maximum atomic E-state index is 13.0. The number of aromatic nitrogens is 2. The first-order valence-electron chi connectivity index (χ1n) is 8.50. The summed E-state index contributed by atoms with van der Waals surface area (Å²) >= 11 is 5.87. The fraction of sp³-hybridized carbons (Fsp3) is 0.0476. The van der Waals surface area contributed by atoms with Crippen LogP contribution in [0.15, 0.2) is 73.1 Å². The Morgan fingerprint density at radius 1 is 1.14 bits per heavy atom. The summed E-state index contributed by atoms with van der Waals surface area (Å²) in [6.45, 7) is -0.237. The average Bonchev–Trinajstić information content (AvgIpc) is 3.12. The number of amides is 1. The van der Waals surface area contributed by atoms with E-state index >= 15 is 0 Å². The first-order valence-corrected chi connectivity index (χ1v) is 8.88. The Hall–Kier alpha value is -3.38. The number of hydrogen-bond acceptors (Lipinski definition) is 3. The molecule has 0 unspecified atom stereocenters. The highest BCUT2D eigenvalue weighted by molar-refractivity contribution is 6.32. The number of carbonyl (C=O) groups excluding carboxylic acids is 1. The molecule has 0 atom stereocenters. The summed E-state index contributed by atoms with van der Waals surface area (Å²) in [5, 5.41) is 2.86. The molecule has 28 heavy (non-hydrogen) atoms. The number of benzene rings is 2. The van der Waals surface area contributed by atoms with Gasteiger partial charge >= 0.3 is 0 Å². The summed E-state index contributed by atoms with van der Waals surface area (Å²) in [4.78, 5) is 16.6. The first-order chi connectivity index (χ1) is 13.6. The van der Waals surface area contributed by atoms with Crippen molar-refractivity contribution in [3.63, 3.8) is 0 Å². The molecule has 140 valence electrons. The number of halogens is 2. The van der Waals surface area contributed by atoms with Crippen molar-refractivity contribution in [3.8, 4) is 17.0 Å². The van der Waals surface area contributed by atoms with Crippen molar-refractivity contribution in [2.24, 2.45) is 0 Å². The van der Waals surface area contributed by atoms with E-state index in [0.717, 1.165) is 23.0 Å². The lowest BCUT2D eigenvalue weighted by Gasteiger charge is -2.09. The van der Waals surface area contributed by atoms with E-state index < -0.39 is 5.82 Å². The maximum Gasteiger partial charge on any atom is 0.262 e. The first kappa shape index (κ1) is 18.0. The van der Waals surface area contributed by atoms with Crippen LogP contribution in [0.4, 0.5) is 10.1 Å². The van der Waals surface area contributed by atoms with Gasteiger partial charge in [-0.05, 0) is 42.5 Å². The van der Waals surface area contributed by atoms with E-state index in [1.165, 1.54) is 12.1 Å². The van der Waals surface area contributed by atoms with Crippen LogP contribution in [-0.2, 0) is 4.79 Å². The van der Waals surface area contributed by atoms with Crippen LogP contribution in [-0.4, -0.2) is 21.9 Å². The van der Waals surface area contributed by atoms with Gasteiger partial charge in [-0.25, -0.2) is 9.37 Å². The van der Waals surface area contributed by atoms with Crippen LogP contribution < -0.4 is 10.1 Å². The molecule has 0 spiro atoms. The number of nitrogens with zero attached hydrogens (tertiary/aromatic N) is 2. The van der Waals surface area contributed by atoms with Crippen molar-refractivity contribution in [3.05, 3.63) is 83.9 Å². The molecule has 2 aromatic carbocycles. The molecule has 2 aromatic heterocycles. The van der Waals surface area contributed by atoms with Crippen molar-refractivity contribution in [1.82, 2.24) is 9.38 Å². The summed E-state index contributed by atoms with van der Waals surface area (Å²) in [5.74, 6) is -0.561. The number of imidazole rings is 1. The molecule has 0 saturated heterocycles. The molecule has 2 heterocycles. The number of carbonyl (C=O) groups is 1. The van der Waals surface area contributed by atoms with Crippen LogP contribution in [0, 0.1) is 5.82 Å². The standard InChI is InChI=1S/C21H15ClFN3O2/c22-17-11-15(23)6-9-19(17)28-13-21(27)24-16-7-4-14(5-8-16)18-12-26-10-2-1-3-20(26)25-18/h1-12H,13H2,(H,24,27). The number of hydrogen-bond donors (Lipinski definition) is 1. The van der Waals surface area contributed by atoms with Crippen molar-refractivity contribution in [2.75, 3.05) is 11.9 Å². The van der Waals surface area contributed by atoms with Gasteiger partial charge in [-0.3, -0.25) is 4.79 Å². The molecule has 1 N–H and O–H groups in total. The van der Waals surface area contributed by atoms with E-state index in [0.29, 0.717) is 5.69 Å². The van der Waals surface area contributed by atoms with Crippen molar-refractivity contribution in [2.45, 2.75) is 0 Å². The number of nitrogens with one attached hydrogen (secondary N) is 1. The van der Waals surface area contributed by atoms with Gasteiger partial charge in [0.15, 0.2) is 6.61 Å². The van der Waals surface area contributed by atoms with Crippen LogP contribution >= 0.6 is 11.6 Å². The third-order valence-corrected chi connectivity index (χ3v) is 4.38. The Balaban J connectivity index is 1.39. The molecule has 0 aliphatic carbocycles. The van der Waals surface area contributed by atoms with E-state index in [1.54, 1.807) is 12.1 Å². The van der Waals surface area contributed by atoms with E-state index in [9.17, 15) is 9.18 Å². The van der Waals surface area contributed by atoms with Crippen LogP contribution in [0.25, 0.3) is 16.9 Å². The van der Waals surface area contributed by atoms with Gasteiger partial charge in [0.25, 0.3) is 5.91 Å². The fourth-order valence-electron chi connectivity index (χ4n) is 2.73. The number of pyridine rings is 1. The Labute approximate surface area is 165 Å². The average molecular weight is 396 g/mol. The van der Waals surface area contributed by atoms with Gasteiger partial charge in [0.2, 0.25) is 0 Å². The Kier molecular flexibility index (Phi) is 4.95. The van der Waals surface area contributed by atoms with Gasteiger partial charge in [-0.1, -0.05) is 29.8 Å². The second-order valence-electron chi connectivity index (χ2n) is 6.08. The lowest BCUT2D eigenvalue weighted by molar-refractivity contribution is -0.118. The third-order valence-electron chi connectivity index (χ3n) is 4.08. The fourth-order valence-corrected chi connectivity index (χ4v) is 2.95. The highest BCUT2D eigenvalue weighted by Crippen LogP contribution is 2.25. The number of fused-ring (bicyclic) bond motifs is 1. The van der Waals surface area contributed by atoms with Gasteiger partial charge in [0.1, 0.15) is 17.2 Å². The van der Waals surface area contributed by atoms with Gasteiger partial charge < -0.3 is 14.5 Å². The van der Waals surface area contributed by atoms with Gasteiger partial charge in [-0.15, -0.1) is 0 Å². The van der Waals surface area contributed by atoms with E-state index in [4.69, 9.17) is 16.3 Å². The quantitative estimate of drug-likeness (QED) is 0.527.